The van der Waals surface area contributed by atoms with Gasteiger partial charge in [0.05, 0.1) is 11.3 Å². The maximum atomic E-state index is 11.3. The topological polar surface area (TPSA) is 89.6 Å². The van der Waals surface area contributed by atoms with E-state index in [1.807, 2.05) is 0 Å². The molecule has 0 radical (unpaired) electrons. The van der Waals surface area contributed by atoms with Crippen LogP contribution in [-0.2, 0) is 4.79 Å². The predicted molar refractivity (Wildman–Crippen MR) is 61.7 cm³/mol. The molecule has 0 aliphatic heterocycles. The number of Topliss-reactive ketones (excluding diaryl/α,β-unsaturated/α-hetero) is 1. The number of benzene rings is 1. The standard InChI is InChI=1S/C10H10BrNO4/c1-5(13)7-2-6(11)3-8(12)10(7)16-4-9(14)15/h2-3H,4,12H2,1H3,(H,14,15). The zero-order valence-corrected chi connectivity index (χ0v) is 10.1. The molecule has 0 amide bonds. The molecule has 16 heavy (non-hydrogen) atoms. The minimum absolute atomic E-state index is 0.109. The number of nitrogens with two attached hydrogens (primary N) is 1. The van der Waals surface area contributed by atoms with Crippen LogP contribution in [0.2, 0.25) is 0 Å². The van der Waals surface area contributed by atoms with E-state index in [0.717, 1.165) is 0 Å². The Labute approximate surface area is 100 Å². The fourth-order valence-electron chi connectivity index (χ4n) is 1.17. The van der Waals surface area contributed by atoms with Gasteiger partial charge < -0.3 is 15.6 Å². The number of hydrogen-bond donors (Lipinski definition) is 2. The van der Waals surface area contributed by atoms with Crippen LogP contribution in [0.4, 0.5) is 5.69 Å². The number of carboxylic acids is 1. The Morgan fingerprint density at radius 3 is 2.62 bits per heavy atom. The average molecular weight is 288 g/mol. The summed E-state index contributed by atoms with van der Waals surface area (Å²) in [6, 6.07) is 3.08. The van der Waals surface area contributed by atoms with Gasteiger partial charge in [-0.25, -0.2) is 4.79 Å². The Hall–Kier alpha value is -1.56. The monoisotopic (exact) mass is 287 g/mol. The van der Waals surface area contributed by atoms with Crippen molar-refractivity contribution in [2.45, 2.75) is 6.92 Å². The van der Waals surface area contributed by atoms with E-state index >= 15 is 0 Å². The molecule has 0 aliphatic carbocycles. The molecule has 0 bridgehead atoms. The van der Waals surface area contributed by atoms with Crippen molar-refractivity contribution < 1.29 is 19.4 Å². The van der Waals surface area contributed by atoms with Gasteiger partial charge in [-0.2, -0.15) is 0 Å². The SMILES string of the molecule is CC(=O)c1cc(Br)cc(N)c1OCC(=O)O. The molecule has 0 aromatic heterocycles. The lowest BCUT2D eigenvalue weighted by Gasteiger charge is -2.11. The lowest BCUT2D eigenvalue weighted by Crippen LogP contribution is -2.12. The summed E-state index contributed by atoms with van der Waals surface area (Å²) >= 11 is 3.19. The number of ether oxygens (including phenoxy) is 1. The van der Waals surface area contributed by atoms with Crippen LogP contribution in [0, 0.1) is 0 Å². The Bertz CT molecular complexity index is 445. The van der Waals surface area contributed by atoms with Crippen molar-refractivity contribution >= 4 is 33.4 Å². The average Bonchev–Trinajstić information content (AvgIpc) is 2.14. The fourth-order valence-corrected chi connectivity index (χ4v) is 1.65. The van der Waals surface area contributed by atoms with Crippen molar-refractivity contribution in [2.24, 2.45) is 0 Å². The van der Waals surface area contributed by atoms with E-state index in [-0.39, 0.29) is 22.8 Å². The van der Waals surface area contributed by atoms with Crippen LogP contribution in [0.3, 0.4) is 0 Å². The van der Waals surface area contributed by atoms with Gasteiger partial charge in [0.2, 0.25) is 0 Å². The van der Waals surface area contributed by atoms with E-state index in [0.29, 0.717) is 4.47 Å². The molecule has 5 nitrogen and oxygen atoms in total. The number of carbonyl (C=O) groups excluding carboxylic acids is 1. The van der Waals surface area contributed by atoms with Crippen LogP contribution in [0.1, 0.15) is 17.3 Å². The summed E-state index contributed by atoms with van der Waals surface area (Å²) in [7, 11) is 0. The van der Waals surface area contributed by atoms with Gasteiger partial charge in [-0.1, -0.05) is 15.9 Å². The van der Waals surface area contributed by atoms with Crippen molar-refractivity contribution in [2.75, 3.05) is 12.3 Å². The van der Waals surface area contributed by atoms with E-state index in [9.17, 15) is 9.59 Å². The van der Waals surface area contributed by atoms with E-state index < -0.39 is 12.6 Å². The molecule has 1 aromatic rings. The third-order valence-electron chi connectivity index (χ3n) is 1.80. The summed E-state index contributed by atoms with van der Waals surface area (Å²) in [6.45, 7) is 0.820. The summed E-state index contributed by atoms with van der Waals surface area (Å²) in [5, 5.41) is 8.49. The second kappa shape index (κ2) is 4.98. The number of ketones is 1. The first-order chi connectivity index (χ1) is 7.41. The highest BCUT2D eigenvalue weighted by Crippen LogP contribution is 2.31. The zero-order valence-electron chi connectivity index (χ0n) is 8.49. The van der Waals surface area contributed by atoms with Gasteiger partial charge in [0.1, 0.15) is 0 Å². The molecule has 0 fully saturated rings. The van der Waals surface area contributed by atoms with E-state index in [4.69, 9.17) is 15.6 Å². The number of rotatable bonds is 4. The highest BCUT2D eigenvalue weighted by molar-refractivity contribution is 9.10. The second-order valence-electron chi connectivity index (χ2n) is 3.11. The van der Waals surface area contributed by atoms with Crippen molar-refractivity contribution in [3.05, 3.63) is 22.2 Å². The van der Waals surface area contributed by atoms with Gasteiger partial charge in [-0.05, 0) is 19.1 Å². The van der Waals surface area contributed by atoms with Crippen molar-refractivity contribution in [3.63, 3.8) is 0 Å². The molecular formula is C10H10BrNO4. The number of anilines is 1. The van der Waals surface area contributed by atoms with Crippen LogP contribution in [-0.4, -0.2) is 23.5 Å². The van der Waals surface area contributed by atoms with E-state index in [2.05, 4.69) is 15.9 Å². The van der Waals surface area contributed by atoms with Gasteiger partial charge in [-0.15, -0.1) is 0 Å². The molecule has 0 saturated carbocycles. The molecule has 0 unspecified atom stereocenters. The summed E-state index contributed by atoms with van der Waals surface area (Å²) < 4.78 is 5.62. The third-order valence-corrected chi connectivity index (χ3v) is 2.26. The normalized spacial score (nSPS) is 9.88. The quantitative estimate of drug-likeness (QED) is 0.650. The molecule has 3 N–H and O–H groups in total. The van der Waals surface area contributed by atoms with Gasteiger partial charge in [-0.3, -0.25) is 4.79 Å². The van der Waals surface area contributed by atoms with E-state index in [1.165, 1.54) is 13.0 Å². The van der Waals surface area contributed by atoms with E-state index in [1.54, 1.807) is 6.07 Å². The number of nitrogen functional groups attached to an aromatic ring is 1. The van der Waals surface area contributed by atoms with Crippen LogP contribution in [0.25, 0.3) is 0 Å². The maximum Gasteiger partial charge on any atom is 0.341 e. The molecule has 1 aromatic carbocycles. The molecular weight excluding hydrogens is 278 g/mol. The lowest BCUT2D eigenvalue weighted by molar-refractivity contribution is -0.139. The summed E-state index contributed by atoms with van der Waals surface area (Å²) in [4.78, 5) is 21.7. The highest BCUT2D eigenvalue weighted by Gasteiger charge is 2.14. The van der Waals surface area contributed by atoms with Gasteiger partial charge in [0.25, 0.3) is 0 Å². The number of carbonyl (C=O) groups is 2. The minimum Gasteiger partial charge on any atom is -0.479 e. The third kappa shape index (κ3) is 2.96. The van der Waals surface area contributed by atoms with Crippen LogP contribution >= 0.6 is 15.9 Å². The smallest absolute Gasteiger partial charge is 0.341 e. The van der Waals surface area contributed by atoms with Crippen molar-refractivity contribution in [1.29, 1.82) is 0 Å². The van der Waals surface area contributed by atoms with Crippen LogP contribution < -0.4 is 10.5 Å². The Kier molecular flexibility index (Phi) is 3.89. The summed E-state index contributed by atoms with van der Waals surface area (Å²) in [5.74, 6) is -1.26. The summed E-state index contributed by atoms with van der Waals surface area (Å²) in [5.41, 5.74) is 6.13. The zero-order chi connectivity index (χ0) is 12.3. The second-order valence-corrected chi connectivity index (χ2v) is 4.03. The minimum atomic E-state index is -1.13. The van der Waals surface area contributed by atoms with Crippen LogP contribution in [0.5, 0.6) is 5.75 Å². The molecule has 0 atom stereocenters. The molecule has 0 spiro atoms. The van der Waals surface area contributed by atoms with Gasteiger partial charge in [0, 0.05) is 4.47 Å². The Morgan fingerprint density at radius 2 is 2.12 bits per heavy atom. The lowest BCUT2D eigenvalue weighted by atomic mass is 10.1. The molecule has 0 heterocycles. The number of aliphatic carboxylic acids is 1. The first-order valence-corrected chi connectivity index (χ1v) is 5.15. The molecule has 6 heteroatoms. The maximum absolute atomic E-state index is 11.3. The fraction of sp³-hybridized carbons (Fsp3) is 0.200. The largest absolute Gasteiger partial charge is 0.479 e. The molecule has 86 valence electrons. The van der Waals surface area contributed by atoms with Crippen LogP contribution in [0.15, 0.2) is 16.6 Å². The number of halogens is 1. The predicted octanol–water partition coefficient (Wildman–Crippen LogP) is 1.70. The Balaban J connectivity index is 3.14. The first kappa shape index (κ1) is 12.5. The summed E-state index contributed by atoms with van der Waals surface area (Å²) in [6.07, 6.45) is 0. The first-order valence-electron chi connectivity index (χ1n) is 4.36. The molecule has 1 rings (SSSR count). The van der Waals surface area contributed by atoms with Crippen molar-refractivity contribution in [3.8, 4) is 5.75 Å². The van der Waals surface area contributed by atoms with Gasteiger partial charge in [0.15, 0.2) is 18.1 Å². The highest BCUT2D eigenvalue weighted by atomic mass is 79.9. The molecule has 0 saturated heterocycles. The number of hydrogen-bond acceptors (Lipinski definition) is 4. The number of carboxylic acid groups (broad SMARTS) is 1. The Morgan fingerprint density at radius 1 is 1.50 bits per heavy atom. The van der Waals surface area contributed by atoms with Gasteiger partial charge >= 0.3 is 5.97 Å². The molecule has 0 aliphatic rings. The van der Waals surface area contributed by atoms with Crippen molar-refractivity contribution in [1.82, 2.24) is 0 Å².